The van der Waals surface area contributed by atoms with E-state index < -0.39 is 0 Å². The van der Waals surface area contributed by atoms with Crippen molar-refractivity contribution in [2.75, 3.05) is 33.4 Å². The summed E-state index contributed by atoms with van der Waals surface area (Å²) in [7, 11) is 1.79. The van der Waals surface area contributed by atoms with Crippen LogP contribution in [0, 0.1) is 0 Å². The largest absolute Gasteiger partial charge is 0.383 e. The van der Waals surface area contributed by atoms with Crippen molar-refractivity contribution >= 4 is 0 Å². The van der Waals surface area contributed by atoms with Crippen molar-refractivity contribution in [3.05, 3.63) is 35.4 Å². The van der Waals surface area contributed by atoms with Gasteiger partial charge in [0.15, 0.2) is 0 Å². The van der Waals surface area contributed by atoms with E-state index in [1.807, 2.05) is 0 Å². The summed E-state index contributed by atoms with van der Waals surface area (Å²) in [6.45, 7) is 7.16. The lowest BCUT2D eigenvalue weighted by molar-refractivity contribution is 0.0810. The molecule has 0 saturated carbocycles. The van der Waals surface area contributed by atoms with Crippen LogP contribution in [0.4, 0.5) is 0 Å². The Kier molecular flexibility index (Phi) is 5.17. The summed E-state index contributed by atoms with van der Waals surface area (Å²) < 4.78 is 5.36. The molecule has 1 aromatic carbocycles. The van der Waals surface area contributed by atoms with Gasteiger partial charge in [-0.05, 0) is 24.1 Å². The second-order valence-electron chi connectivity index (χ2n) is 4.91. The zero-order valence-corrected chi connectivity index (χ0v) is 11.5. The molecule has 3 nitrogen and oxygen atoms in total. The molecule has 0 fully saturated rings. The number of hydrogen-bond donors (Lipinski definition) is 1. The molecule has 0 spiro atoms. The van der Waals surface area contributed by atoms with Gasteiger partial charge in [0.1, 0.15) is 0 Å². The third-order valence-electron chi connectivity index (χ3n) is 3.67. The van der Waals surface area contributed by atoms with Crippen LogP contribution in [0.1, 0.15) is 18.1 Å². The summed E-state index contributed by atoms with van der Waals surface area (Å²) in [4.78, 5) is 2.54. The molecule has 0 aromatic heterocycles. The number of ether oxygens (including phenoxy) is 1. The lowest BCUT2D eigenvalue weighted by Gasteiger charge is -2.35. The van der Waals surface area contributed by atoms with Gasteiger partial charge in [0.25, 0.3) is 0 Å². The van der Waals surface area contributed by atoms with Gasteiger partial charge >= 0.3 is 0 Å². The summed E-state index contributed by atoms with van der Waals surface area (Å²) >= 11 is 0. The predicted octanol–water partition coefficient (Wildman–Crippen LogP) is 1.67. The van der Waals surface area contributed by atoms with E-state index in [0.717, 1.165) is 39.2 Å². The van der Waals surface area contributed by atoms with E-state index in [2.05, 4.69) is 41.4 Å². The third kappa shape index (κ3) is 3.31. The topological polar surface area (TPSA) is 24.5 Å². The van der Waals surface area contributed by atoms with Crippen molar-refractivity contribution in [2.24, 2.45) is 0 Å². The SMILES string of the molecule is CCNCC(COC)N1CCc2ccccc2C1. The van der Waals surface area contributed by atoms with Crippen LogP contribution >= 0.6 is 0 Å². The van der Waals surface area contributed by atoms with Crippen molar-refractivity contribution in [3.63, 3.8) is 0 Å². The third-order valence-corrected chi connectivity index (χ3v) is 3.67. The smallest absolute Gasteiger partial charge is 0.0630 e. The van der Waals surface area contributed by atoms with Crippen molar-refractivity contribution in [2.45, 2.75) is 25.9 Å². The van der Waals surface area contributed by atoms with E-state index in [1.54, 1.807) is 7.11 Å². The number of methoxy groups -OCH3 is 1. The maximum atomic E-state index is 5.36. The van der Waals surface area contributed by atoms with E-state index >= 15 is 0 Å². The number of fused-ring (bicyclic) bond motifs is 1. The van der Waals surface area contributed by atoms with Gasteiger partial charge in [-0.1, -0.05) is 31.2 Å². The lowest BCUT2D eigenvalue weighted by atomic mass is 9.98. The highest BCUT2D eigenvalue weighted by Gasteiger charge is 2.22. The first-order chi connectivity index (χ1) is 8.85. The second kappa shape index (κ2) is 6.88. The molecular formula is C15H24N2O. The quantitative estimate of drug-likeness (QED) is 0.829. The highest BCUT2D eigenvalue weighted by molar-refractivity contribution is 5.29. The Hall–Kier alpha value is -0.900. The van der Waals surface area contributed by atoms with Gasteiger partial charge in [-0.15, -0.1) is 0 Å². The Bertz CT molecular complexity index is 367. The molecule has 1 N–H and O–H groups in total. The molecule has 0 saturated heterocycles. The van der Waals surface area contributed by atoms with Crippen LogP contribution in [-0.2, 0) is 17.7 Å². The Morgan fingerprint density at radius 1 is 1.33 bits per heavy atom. The van der Waals surface area contributed by atoms with Crippen molar-refractivity contribution < 1.29 is 4.74 Å². The minimum absolute atomic E-state index is 0.475. The van der Waals surface area contributed by atoms with E-state index in [4.69, 9.17) is 4.74 Å². The molecule has 100 valence electrons. The van der Waals surface area contributed by atoms with Crippen LogP contribution in [0.25, 0.3) is 0 Å². The maximum absolute atomic E-state index is 5.36. The summed E-state index contributed by atoms with van der Waals surface area (Å²) in [5.74, 6) is 0. The molecule has 1 aliphatic heterocycles. The van der Waals surface area contributed by atoms with Crippen molar-refractivity contribution in [3.8, 4) is 0 Å². The molecule has 0 amide bonds. The van der Waals surface area contributed by atoms with Crippen LogP contribution in [0.15, 0.2) is 24.3 Å². The monoisotopic (exact) mass is 248 g/mol. The van der Waals surface area contributed by atoms with Crippen LogP contribution in [0.2, 0.25) is 0 Å². The summed E-state index contributed by atoms with van der Waals surface area (Å²) in [6, 6.07) is 9.25. The zero-order chi connectivity index (χ0) is 12.8. The second-order valence-corrected chi connectivity index (χ2v) is 4.91. The van der Waals surface area contributed by atoms with Gasteiger partial charge in [-0.2, -0.15) is 0 Å². The predicted molar refractivity (Wildman–Crippen MR) is 74.8 cm³/mol. The van der Waals surface area contributed by atoms with Gasteiger partial charge < -0.3 is 10.1 Å². The average Bonchev–Trinajstić information content (AvgIpc) is 2.43. The molecule has 0 bridgehead atoms. The molecule has 0 aliphatic carbocycles. The average molecular weight is 248 g/mol. The minimum Gasteiger partial charge on any atom is -0.383 e. The van der Waals surface area contributed by atoms with Crippen molar-refractivity contribution in [1.29, 1.82) is 0 Å². The lowest BCUT2D eigenvalue weighted by Crippen LogP contribution is -2.47. The van der Waals surface area contributed by atoms with E-state index in [-0.39, 0.29) is 0 Å². The summed E-state index contributed by atoms with van der Waals surface area (Å²) in [5, 5.41) is 3.43. The Balaban J connectivity index is 2.00. The number of nitrogens with one attached hydrogen (secondary N) is 1. The number of nitrogens with zero attached hydrogens (tertiary/aromatic N) is 1. The molecule has 1 atom stereocenters. The Morgan fingerprint density at radius 2 is 2.11 bits per heavy atom. The molecular weight excluding hydrogens is 224 g/mol. The van der Waals surface area contributed by atoms with E-state index in [0.29, 0.717) is 6.04 Å². The molecule has 18 heavy (non-hydrogen) atoms. The minimum atomic E-state index is 0.475. The fourth-order valence-electron chi connectivity index (χ4n) is 2.63. The fraction of sp³-hybridized carbons (Fsp3) is 0.600. The highest BCUT2D eigenvalue weighted by atomic mass is 16.5. The van der Waals surface area contributed by atoms with Gasteiger partial charge in [-0.3, -0.25) is 4.90 Å². The van der Waals surface area contributed by atoms with Gasteiger partial charge in [-0.25, -0.2) is 0 Å². The fourth-order valence-corrected chi connectivity index (χ4v) is 2.63. The molecule has 1 unspecified atom stereocenters. The zero-order valence-electron chi connectivity index (χ0n) is 11.5. The first-order valence-electron chi connectivity index (χ1n) is 6.85. The first-order valence-corrected chi connectivity index (χ1v) is 6.85. The molecule has 2 rings (SSSR count). The number of benzene rings is 1. The summed E-state index contributed by atoms with van der Waals surface area (Å²) in [5.41, 5.74) is 2.98. The van der Waals surface area contributed by atoms with E-state index in [1.165, 1.54) is 11.1 Å². The number of rotatable bonds is 6. The number of hydrogen-bond acceptors (Lipinski definition) is 3. The van der Waals surface area contributed by atoms with Gasteiger partial charge in [0.2, 0.25) is 0 Å². The number of likely N-dealkylation sites (N-methyl/N-ethyl adjacent to an activating group) is 1. The standard InChI is InChI=1S/C15H24N2O/c1-3-16-10-15(12-18-2)17-9-8-13-6-4-5-7-14(13)11-17/h4-7,15-16H,3,8-12H2,1-2H3. The Morgan fingerprint density at radius 3 is 2.83 bits per heavy atom. The Labute approximate surface area is 110 Å². The van der Waals surface area contributed by atoms with E-state index in [9.17, 15) is 0 Å². The first kappa shape index (κ1) is 13.5. The summed E-state index contributed by atoms with van der Waals surface area (Å²) in [6.07, 6.45) is 1.16. The molecule has 0 radical (unpaired) electrons. The molecule has 1 aromatic rings. The molecule has 1 heterocycles. The van der Waals surface area contributed by atoms with Crippen LogP contribution in [0.5, 0.6) is 0 Å². The highest BCUT2D eigenvalue weighted by Crippen LogP contribution is 2.20. The molecule has 1 aliphatic rings. The van der Waals surface area contributed by atoms with Crippen LogP contribution in [-0.4, -0.2) is 44.3 Å². The maximum Gasteiger partial charge on any atom is 0.0630 e. The van der Waals surface area contributed by atoms with Crippen molar-refractivity contribution in [1.82, 2.24) is 10.2 Å². The van der Waals surface area contributed by atoms with Gasteiger partial charge in [0, 0.05) is 32.8 Å². The molecule has 3 heteroatoms. The normalized spacial score (nSPS) is 17.4. The van der Waals surface area contributed by atoms with Gasteiger partial charge in [0.05, 0.1) is 6.61 Å². The van der Waals surface area contributed by atoms with Crippen LogP contribution in [0.3, 0.4) is 0 Å². The van der Waals surface area contributed by atoms with Crippen LogP contribution < -0.4 is 5.32 Å².